The highest BCUT2D eigenvalue weighted by molar-refractivity contribution is 5.01. The van der Waals surface area contributed by atoms with Crippen LogP contribution in [0.2, 0.25) is 0 Å². The third-order valence-electron chi connectivity index (χ3n) is 4.12. The minimum absolute atomic E-state index is 1.22. The smallest absolute Gasteiger partial charge is 0.226 e. The van der Waals surface area contributed by atoms with Gasteiger partial charge >= 0.3 is 0 Å². The van der Waals surface area contributed by atoms with E-state index in [1.165, 1.54) is 41.5 Å². The predicted molar refractivity (Wildman–Crippen MR) is 63.6 cm³/mol. The molecule has 8 heteroatoms. The van der Waals surface area contributed by atoms with Crippen molar-refractivity contribution >= 4 is 0 Å². The van der Waals surface area contributed by atoms with Gasteiger partial charge < -0.3 is 39.4 Å². The zero-order chi connectivity index (χ0) is 15.8. The van der Waals surface area contributed by atoms with Crippen molar-refractivity contribution in [1.82, 2.24) is 0 Å². The van der Waals surface area contributed by atoms with E-state index in [1.54, 1.807) is 0 Å². The molecule has 0 bridgehead atoms. The Labute approximate surface area is 116 Å². The average molecular weight is 294 g/mol. The summed E-state index contributed by atoms with van der Waals surface area (Å²) in [5, 5.41) is 40.2. The van der Waals surface area contributed by atoms with E-state index in [0.29, 0.717) is 0 Å². The lowest BCUT2D eigenvalue weighted by Crippen LogP contribution is -2.54. The second kappa shape index (κ2) is 3.71. The highest BCUT2D eigenvalue weighted by Crippen LogP contribution is 2.53. The number of rotatable bonds is 1. The highest BCUT2D eigenvalue weighted by Gasteiger charge is 2.73. The van der Waals surface area contributed by atoms with Crippen LogP contribution in [-0.4, -0.2) is 55.1 Å². The maximum absolute atomic E-state index is 10.1. The van der Waals surface area contributed by atoms with Crippen molar-refractivity contribution < 1.29 is 39.4 Å². The summed E-state index contributed by atoms with van der Waals surface area (Å²) in [6, 6.07) is 0. The van der Waals surface area contributed by atoms with Crippen LogP contribution in [-0.2, 0) is 18.9 Å². The normalized spacial score (nSPS) is 63.9. The maximum Gasteiger partial charge on any atom is 0.226 e. The molecule has 0 amide bonds. The molecule has 118 valence electrons. The molecular weight excluding hydrogens is 272 g/mol. The van der Waals surface area contributed by atoms with Gasteiger partial charge in [0, 0.05) is 0 Å². The predicted octanol–water partition coefficient (Wildman–Crippen LogP) is -0.654. The van der Waals surface area contributed by atoms with Crippen LogP contribution >= 0.6 is 0 Å². The first-order chi connectivity index (χ1) is 8.58. The Balaban J connectivity index is 2.39. The van der Waals surface area contributed by atoms with Crippen molar-refractivity contribution in [3.63, 3.8) is 0 Å². The fourth-order valence-corrected chi connectivity index (χ4v) is 2.31. The Morgan fingerprint density at radius 2 is 0.600 bits per heavy atom. The van der Waals surface area contributed by atoms with Gasteiger partial charge in [0.1, 0.15) is 0 Å². The van der Waals surface area contributed by atoms with Gasteiger partial charge in [-0.3, -0.25) is 0 Å². The number of ether oxygens (including phenoxy) is 4. The molecule has 8 nitrogen and oxygen atoms in total. The van der Waals surface area contributed by atoms with Crippen molar-refractivity contribution in [3.05, 3.63) is 0 Å². The van der Waals surface area contributed by atoms with E-state index in [9.17, 15) is 20.4 Å². The molecule has 2 saturated heterocycles. The molecule has 0 aromatic rings. The number of hydrogen-bond donors (Lipinski definition) is 4. The summed E-state index contributed by atoms with van der Waals surface area (Å²) in [4.78, 5) is 0. The van der Waals surface area contributed by atoms with Gasteiger partial charge in [-0.05, 0) is 41.5 Å². The Kier molecular flexibility index (Phi) is 2.98. The van der Waals surface area contributed by atoms with E-state index >= 15 is 0 Å². The van der Waals surface area contributed by atoms with Crippen LogP contribution in [0.5, 0.6) is 0 Å². The van der Waals surface area contributed by atoms with Crippen LogP contribution in [0.25, 0.3) is 0 Å². The van der Waals surface area contributed by atoms with Crippen molar-refractivity contribution in [1.29, 1.82) is 0 Å². The molecular formula is C12H22O8. The third-order valence-corrected chi connectivity index (χ3v) is 4.12. The minimum atomic E-state index is -2.03. The van der Waals surface area contributed by atoms with Crippen molar-refractivity contribution in [2.45, 2.75) is 76.3 Å². The second-order valence-corrected chi connectivity index (χ2v) is 6.23. The molecule has 2 rings (SSSR count). The minimum Gasteiger partial charge on any atom is -0.361 e. The summed E-state index contributed by atoms with van der Waals surface area (Å²) in [6.45, 7) is 7.58. The Morgan fingerprint density at radius 1 is 0.450 bits per heavy atom. The lowest BCUT2D eigenvalue weighted by atomic mass is 10.1. The van der Waals surface area contributed by atoms with Gasteiger partial charge in [-0.25, -0.2) is 0 Å². The first-order valence-electron chi connectivity index (χ1n) is 6.28. The zero-order valence-electron chi connectivity index (χ0n) is 12.4. The lowest BCUT2D eigenvalue weighted by molar-refractivity contribution is -0.384. The monoisotopic (exact) mass is 294 g/mol. The summed E-state index contributed by atoms with van der Waals surface area (Å²) in [6.07, 6.45) is 0. The molecule has 20 heavy (non-hydrogen) atoms. The van der Waals surface area contributed by atoms with E-state index in [4.69, 9.17) is 18.9 Å². The Bertz CT molecular complexity index is 353. The number of aliphatic hydroxyl groups is 4. The SMILES string of the molecule is CC1(O)OC(C)(C2(C)OC(C)(O)C(C)(O)O2)OC1(C)O. The number of hydrogen-bond acceptors (Lipinski definition) is 8. The first-order valence-corrected chi connectivity index (χ1v) is 6.28. The van der Waals surface area contributed by atoms with Gasteiger partial charge in [0.15, 0.2) is 0 Å². The molecule has 2 aliphatic rings. The van der Waals surface area contributed by atoms with Crippen LogP contribution in [0.15, 0.2) is 0 Å². The van der Waals surface area contributed by atoms with Crippen LogP contribution in [0.3, 0.4) is 0 Å². The fourth-order valence-electron chi connectivity index (χ4n) is 2.31. The molecule has 0 aromatic carbocycles. The van der Waals surface area contributed by atoms with Gasteiger partial charge in [0.05, 0.1) is 0 Å². The van der Waals surface area contributed by atoms with E-state index in [2.05, 4.69) is 0 Å². The molecule has 2 heterocycles. The van der Waals surface area contributed by atoms with E-state index < -0.39 is 34.7 Å². The molecule has 0 aromatic heterocycles. The largest absolute Gasteiger partial charge is 0.361 e. The topological polar surface area (TPSA) is 118 Å². The second-order valence-electron chi connectivity index (χ2n) is 6.23. The van der Waals surface area contributed by atoms with E-state index in [1.807, 2.05) is 0 Å². The maximum atomic E-state index is 10.1. The fraction of sp³-hybridized carbons (Fsp3) is 1.00. The van der Waals surface area contributed by atoms with Crippen LogP contribution in [0.1, 0.15) is 41.5 Å². The molecule has 0 saturated carbocycles. The highest BCUT2D eigenvalue weighted by atomic mass is 16.9. The summed E-state index contributed by atoms with van der Waals surface area (Å²) < 4.78 is 21.3. The van der Waals surface area contributed by atoms with Gasteiger partial charge in [-0.15, -0.1) is 0 Å². The van der Waals surface area contributed by atoms with Crippen LogP contribution < -0.4 is 0 Å². The molecule has 2 fully saturated rings. The standard InChI is InChI=1S/C12H22O8/c1-7(13)8(2,14)18-11(5,17-7)12(6)19-9(3,15)10(4,16)20-12/h13-16H,1-6H3. The molecule has 0 radical (unpaired) electrons. The molecule has 0 aliphatic carbocycles. The van der Waals surface area contributed by atoms with Crippen LogP contribution in [0, 0.1) is 0 Å². The Morgan fingerprint density at radius 3 is 0.750 bits per heavy atom. The molecule has 4 unspecified atom stereocenters. The van der Waals surface area contributed by atoms with Gasteiger partial charge in [0.25, 0.3) is 0 Å². The summed E-state index contributed by atoms with van der Waals surface area (Å²) >= 11 is 0. The summed E-state index contributed by atoms with van der Waals surface area (Å²) in [5.74, 6) is -11.7. The summed E-state index contributed by atoms with van der Waals surface area (Å²) in [5.41, 5.74) is 0. The molecule has 2 aliphatic heterocycles. The van der Waals surface area contributed by atoms with Gasteiger partial charge in [-0.2, -0.15) is 0 Å². The lowest BCUT2D eigenvalue weighted by Gasteiger charge is -2.37. The zero-order valence-corrected chi connectivity index (χ0v) is 12.4. The molecule has 0 spiro atoms. The van der Waals surface area contributed by atoms with E-state index in [-0.39, 0.29) is 0 Å². The van der Waals surface area contributed by atoms with E-state index in [0.717, 1.165) is 0 Å². The Hall–Kier alpha value is -0.320. The molecule has 4 N–H and O–H groups in total. The van der Waals surface area contributed by atoms with Crippen molar-refractivity contribution in [2.75, 3.05) is 0 Å². The molecule has 4 atom stereocenters. The third kappa shape index (κ3) is 1.92. The quantitative estimate of drug-likeness (QED) is 0.504. The summed E-state index contributed by atoms with van der Waals surface area (Å²) in [7, 11) is 0. The van der Waals surface area contributed by atoms with Gasteiger partial charge in [-0.1, -0.05) is 0 Å². The van der Waals surface area contributed by atoms with Crippen LogP contribution in [0.4, 0.5) is 0 Å². The first kappa shape index (κ1) is 16.1. The van der Waals surface area contributed by atoms with Gasteiger partial charge in [0.2, 0.25) is 34.7 Å². The average Bonchev–Trinajstić information content (AvgIpc) is 2.38. The van der Waals surface area contributed by atoms with Crippen molar-refractivity contribution in [3.8, 4) is 0 Å². The van der Waals surface area contributed by atoms with Crippen molar-refractivity contribution in [2.24, 2.45) is 0 Å².